The highest BCUT2D eigenvalue weighted by atomic mass is 16.5. The fourth-order valence-electron chi connectivity index (χ4n) is 3.42. The molecule has 0 unspecified atom stereocenters. The van der Waals surface area contributed by atoms with Crippen molar-refractivity contribution in [3.63, 3.8) is 0 Å². The number of para-hydroxylation sites is 1. The Labute approximate surface area is 153 Å². The van der Waals surface area contributed by atoms with E-state index in [1.54, 1.807) is 11.6 Å². The van der Waals surface area contributed by atoms with Crippen LogP contribution in [0.1, 0.15) is 55.8 Å². The zero-order valence-corrected chi connectivity index (χ0v) is 15.1. The average Bonchev–Trinajstić information content (AvgIpc) is 3.31. The van der Waals surface area contributed by atoms with Crippen molar-refractivity contribution in [2.24, 2.45) is 5.92 Å². The van der Waals surface area contributed by atoms with Gasteiger partial charge in [0.05, 0.1) is 18.5 Å². The second kappa shape index (κ2) is 8.65. The molecule has 1 aliphatic rings. The first-order valence-electron chi connectivity index (χ1n) is 9.29. The molecule has 3 rings (SSSR count). The number of amides is 1. The second-order valence-electron chi connectivity index (χ2n) is 6.61. The summed E-state index contributed by atoms with van der Waals surface area (Å²) in [6, 6.07) is 9.41. The van der Waals surface area contributed by atoms with Gasteiger partial charge in [-0.05, 0) is 31.4 Å². The van der Waals surface area contributed by atoms with Crippen LogP contribution in [-0.4, -0.2) is 28.3 Å². The van der Waals surface area contributed by atoms with Gasteiger partial charge in [0.2, 0.25) is 5.91 Å². The molecule has 0 atom stereocenters. The van der Waals surface area contributed by atoms with Crippen molar-refractivity contribution in [2.45, 2.75) is 45.4 Å². The van der Waals surface area contributed by atoms with E-state index in [0.717, 1.165) is 12.1 Å². The van der Waals surface area contributed by atoms with Gasteiger partial charge in [0.1, 0.15) is 5.56 Å². The summed E-state index contributed by atoms with van der Waals surface area (Å²) in [5.41, 5.74) is 1.04. The molecule has 0 bridgehead atoms. The first-order chi connectivity index (χ1) is 12.7. The molecule has 6 heteroatoms. The summed E-state index contributed by atoms with van der Waals surface area (Å²) in [6.45, 7) is 2.02. The second-order valence-corrected chi connectivity index (χ2v) is 6.61. The van der Waals surface area contributed by atoms with Crippen LogP contribution in [0.2, 0.25) is 0 Å². The van der Waals surface area contributed by atoms with Crippen molar-refractivity contribution in [1.82, 2.24) is 9.78 Å². The van der Waals surface area contributed by atoms with E-state index < -0.39 is 5.97 Å². The largest absolute Gasteiger partial charge is 0.462 e. The average molecular weight is 355 g/mol. The number of esters is 1. The van der Waals surface area contributed by atoms with E-state index in [9.17, 15) is 9.59 Å². The molecule has 0 saturated heterocycles. The Kier molecular flexibility index (Phi) is 6.04. The molecule has 2 aromatic rings. The monoisotopic (exact) mass is 355 g/mol. The molecule has 138 valence electrons. The normalized spacial score (nSPS) is 14.3. The Hall–Kier alpha value is -2.63. The van der Waals surface area contributed by atoms with Gasteiger partial charge in [0.25, 0.3) is 0 Å². The number of aromatic nitrogens is 2. The van der Waals surface area contributed by atoms with E-state index in [0.29, 0.717) is 18.2 Å². The van der Waals surface area contributed by atoms with Crippen LogP contribution in [0.25, 0.3) is 5.69 Å². The van der Waals surface area contributed by atoms with Gasteiger partial charge >= 0.3 is 5.97 Å². The van der Waals surface area contributed by atoms with Crippen molar-refractivity contribution in [3.05, 3.63) is 42.1 Å². The standard InChI is InChI=1S/C20H25N3O3/c1-2-26-20(25)17-14-21-23(16-10-4-3-5-11-16)19(17)22-18(24)13-12-15-8-6-7-9-15/h3-5,10-11,14-15H,2,6-9,12-13H2,1H3,(H,22,24). The minimum absolute atomic E-state index is 0.0971. The maximum Gasteiger partial charge on any atom is 0.343 e. The van der Waals surface area contributed by atoms with Crippen molar-refractivity contribution in [2.75, 3.05) is 11.9 Å². The smallest absolute Gasteiger partial charge is 0.343 e. The number of benzene rings is 1. The summed E-state index contributed by atoms with van der Waals surface area (Å²) in [6.07, 6.45) is 7.73. The Morgan fingerprint density at radius 2 is 1.96 bits per heavy atom. The molecule has 0 radical (unpaired) electrons. The lowest BCUT2D eigenvalue weighted by molar-refractivity contribution is -0.116. The molecule has 1 heterocycles. The number of anilines is 1. The number of hydrogen-bond acceptors (Lipinski definition) is 4. The van der Waals surface area contributed by atoms with Gasteiger partial charge in [-0.3, -0.25) is 4.79 Å². The van der Waals surface area contributed by atoms with E-state index in [-0.39, 0.29) is 18.1 Å². The third-order valence-electron chi connectivity index (χ3n) is 4.78. The number of rotatable bonds is 7. The Balaban J connectivity index is 1.78. The Morgan fingerprint density at radius 1 is 1.23 bits per heavy atom. The summed E-state index contributed by atoms with van der Waals surface area (Å²) in [5, 5.41) is 7.16. The molecule has 0 spiro atoms. The number of ether oxygens (including phenoxy) is 1. The molecule has 26 heavy (non-hydrogen) atoms. The Morgan fingerprint density at radius 3 is 2.65 bits per heavy atom. The van der Waals surface area contributed by atoms with Crippen molar-refractivity contribution >= 4 is 17.7 Å². The van der Waals surface area contributed by atoms with Crippen LogP contribution < -0.4 is 5.32 Å². The molecule has 1 N–H and O–H groups in total. The fourth-order valence-corrected chi connectivity index (χ4v) is 3.42. The predicted molar refractivity (Wildman–Crippen MR) is 99.3 cm³/mol. The molecule has 0 aliphatic heterocycles. The summed E-state index contributed by atoms with van der Waals surface area (Å²) in [4.78, 5) is 24.7. The van der Waals surface area contributed by atoms with Crippen LogP contribution in [-0.2, 0) is 9.53 Å². The molecule has 1 aromatic carbocycles. The lowest BCUT2D eigenvalue weighted by Crippen LogP contribution is -2.18. The molecule has 6 nitrogen and oxygen atoms in total. The Bertz CT molecular complexity index is 749. The van der Waals surface area contributed by atoms with Gasteiger partial charge in [-0.15, -0.1) is 0 Å². The zero-order valence-electron chi connectivity index (χ0n) is 15.1. The quantitative estimate of drug-likeness (QED) is 0.763. The third-order valence-corrected chi connectivity index (χ3v) is 4.78. The molecule has 1 saturated carbocycles. The summed E-state index contributed by atoms with van der Waals surface area (Å²) in [5.74, 6) is 0.427. The first kappa shape index (κ1) is 18.2. The molecular weight excluding hydrogens is 330 g/mol. The number of hydrogen-bond donors (Lipinski definition) is 1. The topological polar surface area (TPSA) is 73.2 Å². The van der Waals surface area contributed by atoms with Crippen LogP contribution in [0.3, 0.4) is 0 Å². The minimum atomic E-state index is -0.485. The minimum Gasteiger partial charge on any atom is -0.462 e. The van der Waals surface area contributed by atoms with E-state index in [1.165, 1.54) is 31.9 Å². The maximum atomic E-state index is 12.5. The van der Waals surface area contributed by atoms with Crippen molar-refractivity contribution in [3.8, 4) is 5.69 Å². The van der Waals surface area contributed by atoms with Crippen LogP contribution in [0.5, 0.6) is 0 Å². The summed E-state index contributed by atoms with van der Waals surface area (Å²) in [7, 11) is 0. The van der Waals surface area contributed by atoms with Crippen molar-refractivity contribution in [1.29, 1.82) is 0 Å². The van der Waals surface area contributed by atoms with Crippen LogP contribution >= 0.6 is 0 Å². The fraction of sp³-hybridized carbons (Fsp3) is 0.450. The SMILES string of the molecule is CCOC(=O)c1cnn(-c2ccccc2)c1NC(=O)CCC1CCCC1. The van der Waals surface area contributed by atoms with Crippen LogP contribution in [0.4, 0.5) is 5.82 Å². The summed E-state index contributed by atoms with van der Waals surface area (Å²) >= 11 is 0. The lowest BCUT2D eigenvalue weighted by atomic mass is 10.0. The highest BCUT2D eigenvalue weighted by Gasteiger charge is 2.22. The zero-order chi connectivity index (χ0) is 18.4. The van der Waals surface area contributed by atoms with Gasteiger partial charge in [-0.25, -0.2) is 9.48 Å². The molecule has 1 fully saturated rings. The number of carbonyl (C=O) groups is 2. The lowest BCUT2D eigenvalue weighted by Gasteiger charge is -2.12. The maximum absolute atomic E-state index is 12.5. The highest BCUT2D eigenvalue weighted by Crippen LogP contribution is 2.29. The predicted octanol–water partition coefficient (Wildman–Crippen LogP) is 3.96. The number of carbonyl (C=O) groups excluding carboxylic acids is 2. The third kappa shape index (κ3) is 4.31. The molecule has 1 aromatic heterocycles. The van der Waals surface area contributed by atoms with Gasteiger partial charge in [0.15, 0.2) is 5.82 Å². The van der Waals surface area contributed by atoms with Gasteiger partial charge in [-0.2, -0.15) is 5.10 Å². The van der Waals surface area contributed by atoms with E-state index in [1.807, 2.05) is 30.3 Å². The highest BCUT2D eigenvalue weighted by molar-refractivity contribution is 6.00. The van der Waals surface area contributed by atoms with E-state index in [2.05, 4.69) is 10.4 Å². The molecular formula is C20H25N3O3. The molecule has 1 amide bonds. The number of nitrogens with zero attached hydrogens (tertiary/aromatic N) is 2. The van der Waals surface area contributed by atoms with E-state index >= 15 is 0 Å². The van der Waals surface area contributed by atoms with E-state index in [4.69, 9.17) is 4.74 Å². The number of nitrogens with one attached hydrogen (secondary N) is 1. The molecule has 1 aliphatic carbocycles. The van der Waals surface area contributed by atoms with Gasteiger partial charge in [-0.1, -0.05) is 43.9 Å². The van der Waals surface area contributed by atoms with Crippen LogP contribution in [0, 0.1) is 5.92 Å². The van der Waals surface area contributed by atoms with Gasteiger partial charge < -0.3 is 10.1 Å². The van der Waals surface area contributed by atoms with Crippen molar-refractivity contribution < 1.29 is 14.3 Å². The summed E-state index contributed by atoms with van der Waals surface area (Å²) < 4.78 is 6.67. The van der Waals surface area contributed by atoms with Crippen LogP contribution in [0.15, 0.2) is 36.5 Å². The van der Waals surface area contributed by atoms with Gasteiger partial charge in [0, 0.05) is 6.42 Å². The first-order valence-corrected chi connectivity index (χ1v) is 9.29.